The van der Waals surface area contributed by atoms with Gasteiger partial charge >= 0.3 is 0 Å². The second-order valence-corrected chi connectivity index (χ2v) is 4.56. The molecule has 0 radical (unpaired) electrons. The Bertz CT molecular complexity index is 463. The summed E-state index contributed by atoms with van der Waals surface area (Å²) in [5.74, 6) is 0.957. The molecule has 2 rings (SSSR count). The molecule has 3 heteroatoms. The molecule has 1 aliphatic rings. The molecule has 1 aromatic rings. The number of ether oxygens (including phenoxy) is 1. The van der Waals surface area contributed by atoms with E-state index in [4.69, 9.17) is 16.3 Å². The fourth-order valence-electron chi connectivity index (χ4n) is 1.93. The van der Waals surface area contributed by atoms with Gasteiger partial charge in [0.15, 0.2) is 5.78 Å². The van der Waals surface area contributed by atoms with Gasteiger partial charge in [-0.2, -0.15) is 0 Å². The molecule has 0 amide bonds. The highest BCUT2D eigenvalue weighted by molar-refractivity contribution is 6.25. The summed E-state index contributed by atoms with van der Waals surface area (Å²) in [6.45, 7) is 2.35. The van der Waals surface area contributed by atoms with E-state index in [1.54, 1.807) is 0 Å². The van der Waals surface area contributed by atoms with Crippen LogP contribution < -0.4 is 4.74 Å². The monoisotopic (exact) mass is 250 g/mol. The maximum Gasteiger partial charge on any atom is 0.163 e. The van der Waals surface area contributed by atoms with Crippen molar-refractivity contribution in [1.82, 2.24) is 0 Å². The first-order valence-electron chi connectivity index (χ1n) is 5.75. The average Bonchev–Trinajstić information content (AvgIpc) is 2.36. The van der Waals surface area contributed by atoms with Crippen LogP contribution in [0.3, 0.4) is 0 Å². The van der Waals surface area contributed by atoms with Crippen molar-refractivity contribution in [2.45, 2.75) is 26.2 Å². The molecule has 0 aromatic heterocycles. The summed E-state index contributed by atoms with van der Waals surface area (Å²) >= 11 is 5.56. The van der Waals surface area contributed by atoms with Crippen molar-refractivity contribution in [2.24, 2.45) is 0 Å². The molecule has 1 aromatic carbocycles. The summed E-state index contributed by atoms with van der Waals surface area (Å²) in [5, 5.41) is 0. The molecule has 0 heterocycles. The summed E-state index contributed by atoms with van der Waals surface area (Å²) in [7, 11) is 0. The standard InChI is InChI=1S/C14H15ClO2/c1-10(8-15)9-17-12-6-5-11-3-2-4-14(16)13(11)7-12/h5-8H,2-4,9H2,1H3/b10-8-. The predicted molar refractivity (Wildman–Crippen MR) is 68.8 cm³/mol. The highest BCUT2D eigenvalue weighted by Crippen LogP contribution is 2.25. The fourth-order valence-corrected chi connectivity index (χ4v) is 1.99. The molecule has 17 heavy (non-hydrogen) atoms. The number of ketones is 1. The minimum absolute atomic E-state index is 0.223. The van der Waals surface area contributed by atoms with Crippen LogP contribution in [-0.4, -0.2) is 12.4 Å². The third-order valence-electron chi connectivity index (χ3n) is 2.88. The lowest BCUT2D eigenvalue weighted by Gasteiger charge is -2.15. The van der Waals surface area contributed by atoms with Crippen LogP contribution in [0.2, 0.25) is 0 Å². The fraction of sp³-hybridized carbons (Fsp3) is 0.357. The molecule has 90 valence electrons. The largest absolute Gasteiger partial charge is 0.489 e. The van der Waals surface area contributed by atoms with Gasteiger partial charge in [0.1, 0.15) is 12.4 Å². The van der Waals surface area contributed by atoms with E-state index in [2.05, 4.69) is 0 Å². The topological polar surface area (TPSA) is 26.3 Å². The summed E-state index contributed by atoms with van der Waals surface area (Å²) in [5.41, 5.74) is 4.42. The zero-order valence-electron chi connectivity index (χ0n) is 9.83. The van der Waals surface area contributed by atoms with Crippen LogP contribution in [0.1, 0.15) is 35.7 Å². The Hall–Kier alpha value is -1.28. The Morgan fingerprint density at radius 2 is 2.29 bits per heavy atom. The van der Waals surface area contributed by atoms with Crippen molar-refractivity contribution < 1.29 is 9.53 Å². The van der Waals surface area contributed by atoms with E-state index in [1.165, 1.54) is 5.54 Å². The van der Waals surface area contributed by atoms with Crippen molar-refractivity contribution in [3.8, 4) is 5.75 Å². The van der Waals surface area contributed by atoms with E-state index in [0.717, 1.165) is 35.3 Å². The van der Waals surface area contributed by atoms with Crippen LogP contribution in [0.25, 0.3) is 0 Å². The maximum atomic E-state index is 11.7. The number of hydrogen-bond donors (Lipinski definition) is 0. The summed E-state index contributed by atoms with van der Waals surface area (Å²) in [6, 6.07) is 5.75. The highest BCUT2D eigenvalue weighted by atomic mass is 35.5. The zero-order chi connectivity index (χ0) is 12.3. The summed E-state index contributed by atoms with van der Waals surface area (Å²) in [6.07, 6.45) is 2.60. The van der Waals surface area contributed by atoms with Crippen molar-refractivity contribution in [2.75, 3.05) is 6.61 Å². The zero-order valence-corrected chi connectivity index (χ0v) is 10.6. The van der Waals surface area contributed by atoms with Crippen LogP contribution in [0.5, 0.6) is 5.75 Å². The normalized spacial score (nSPS) is 15.6. The molecule has 0 fully saturated rings. The molecule has 0 N–H and O–H groups in total. The first-order chi connectivity index (χ1) is 8.20. The van der Waals surface area contributed by atoms with Gasteiger partial charge in [0.2, 0.25) is 0 Å². The molecular weight excluding hydrogens is 236 g/mol. The van der Waals surface area contributed by atoms with Gasteiger partial charge in [-0.1, -0.05) is 17.7 Å². The second-order valence-electron chi connectivity index (χ2n) is 4.34. The molecule has 0 atom stereocenters. The number of carbonyl (C=O) groups excluding carboxylic acids is 1. The third-order valence-corrected chi connectivity index (χ3v) is 3.26. The minimum Gasteiger partial charge on any atom is -0.489 e. The van der Waals surface area contributed by atoms with Gasteiger partial charge in [0.25, 0.3) is 0 Å². The van der Waals surface area contributed by atoms with Crippen LogP contribution in [0, 0.1) is 0 Å². The lowest BCUT2D eigenvalue weighted by molar-refractivity contribution is 0.0972. The number of benzene rings is 1. The first kappa shape index (κ1) is 12.2. The number of Topliss-reactive ketones (excluding diaryl/α,β-unsaturated/α-hetero) is 1. The maximum absolute atomic E-state index is 11.7. The molecule has 0 bridgehead atoms. The molecular formula is C14H15ClO2. The number of carbonyl (C=O) groups is 1. The summed E-state index contributed by atoms with van der Waals surface area (Å²) < 4.78 is 5.57. The van der Waals surface area contributed by atoms with Gasteiger partial charge in [-0.15, -0.1) is 0 Å². The van der Waals surface area contributed by atoms with Gasteiger partial charge in [-0.3, -0.25) is 4.79 Å². The molecule has 1 aliphatic carbocycles. The average molecular weight is 251 g/mol. The van der Waals surface area contributed by atoms with E-state index in [-0.39, 0.29) is 5.78 Å². The van der Waals surface area contributed by atoms with Crippen LogP contribution in [0.15, 0.2) is 29.3 Å². The molecule has 2 nitrogen and oxygen atoms in total. The molecule has 0 unspecified atom stereocenters. The number of aryl methyl sites for hydroxylation is 1. The summed E-state index contributed by atoms with van der Waals surface area (Å²) in [4.78, 5) is 11.7. The van der Waals surface area contributed by atoms with Crippen molar-refractivity contribution in [3.63, 3.8) is 0 Å². The first-order valence-corrected chi connectivity index (χ1v) is 6.19. The van der Waals surface area contributed by atoms with Crippen molar-refractivity contribution in [3.05, 3.63) is 40.4 Å². The quantitative estimate of drug-likeness (QED) is 0.817. The molecule has 0 aliphatic heterocycles. The minimum atomic E-state index is 0.223. The van der Waals surface area contributed by atoms with E-state index in [9.17, 15) is 4.79 Å². The Morgan fingerprint density at radius 3 is 3.06 bits per heavy atom. The van der Waals surface area contributed by atoms with E-state index >= 15 is 0 Å². The Balaban J connectivity index is 2.15. The molecule has 0 saturated carbocycles. The Morgan fingerprint density at radius 1 is 1.47 bits per heavy atom. The lowest BCUT2D eigenvalue weighted by Crippen LogP contribution is -2.11. The van der Waals surface area contributed by atoms with Gasteiger partial charge in [0.05, 0.1) is 0 Å². The Kier molecular flexibility index (Phi) is 3.85. The second kappa shape index (κ2) is 5.37. The van der Waals surface area contributed by atoms with Gasteiger partial charge < -0.3 is 4.74 Å². The Labute approximate surface area is 106 Å². The molecule has 0 spiro atoms. The van der Waals surface area contributed by atoms with Crippen LogP contribution in [-0.2, 0) is 6.42 Å². The third kappa shape index (κ3) is 2.89. The highest BCUT2D eigenvalue weighted by Gasteiger charge is 2.17. The van der Waals surface area contributed by atoms with Gasteiger partial charge in [-0.05, 0) is 43.0 Å². The molecule has 0 saturated heterocycles. The van der Waals surface area contributed by atoms with E-state index in [1.807, 2.05) is 25.1 Å². The van der Waals surface area contributed by atoms with Crippen molar-refractivity contribution >= 4 is 17.4 Å². The van der Waals surface area contributed by atoms with Gasteiger partial charge in [0, 0.05) is 17.5 Å². The van der Waals surface area contributed by atoms with E-state index in [0.29, 0.717) is 13.0 Å². The number of rotatable bonds is 3. The SMILES string of the molecule is C/C(=C/Cl)COc1ccc2c(c1)C(=O)CCC2. The van der Waals surface area contributed by atoms with E-state index < -0.39 is 0 Å². The number of hydrogen-bond acceptors (Lipinski definition) is 2. The number of halogens is 1. The van der Waals surface area contributed by atoms with Crippen LogP contribution >= 0.6 is 11.6 Å². The number of fused-ring (bicyclic) bond motifs is 1. The predicted octanol–water partition coefficient (Wildman–Crippen LogP) is 3.73. The lowest BCUT2D eigenvalue weighted by atomic mass is 9.90. The van der Waals surface area contributed by atoms with Crippen LogP contribution in [0.4, 0.5) is 0 Å². The van der Waals surface area contributed by atoms with Gasteiger partial charge in [-0.25, -0.2) is 0 Å². The van der Waals surface area contributed by atoms with Crippen molar-refractivity contribution in [1.29, 1.82) is 0 Å². The smallest absolute Gasteiger partial charge is 0.163 e.